The van der Waals surface area contributed by atoms with Crippen LogP contribution in [0.25, 0.3) is 0 Å². The Labute approximate surface area is 108 Å². The number of rotatable bonds is 3. The first kappa shape index (κ1) is 12.2. The van der Waals surface area contributed by atoms with E-state index >= 15 is 0 Å². The molecule has 3 rings (SSSR count). The fourth-order valence-electron chi connectivity index (χ4n) is 3.85. The minimum absolute atomic E-state index is 0.455. The van der Waals surface area contributed by atoms with E-state index in [0.29, 0.717) is 16.9 Å². The topological polar surface area (TPSA) is 66.5 Å². The minimum Gasteiger partial charge on any atom is -0.423 e. The molecule has 0 radical (unpaired) electrons. The molecule has 0 heterocycles. The summed E-state index contributed by atoms with van der Waals surface area (Å²) in [5.74, 6) is 0.794. The van der Waals surface area contributed by atoms with Crippen molar-refractivity contribution in [1.29, 1.82) is 0 Å². The van der Waals surface area contributed by atoms with E-state index in [1.165, 1.54) is 31.2 Å². The zero-order chi connectivity index (χ0) is 12.8. The summed E-state index contributed by atoms with van der Waals surface area (Å²) >= 11 is 0. The first-order valence-corrected chi connectivity index (χ1v) is 6.77. The van der Waals surface area contributed by atoms with Crippen molar-refractivity contribution >= 4 is 12.6 Å². The molecule has 3 nitrogen and oxygen atoms in total. The van der Waals surface area contributed by atoms with E-state index in [9.17, 15) is 0 Å². The van der Waals surface area contributed by atoms with Crippen molar-refractivity contribution in [3.05, 3.63) is 29.8 Å². The van der Waals surface area contributed by atoms with E-state index in [0.717, 1.165) is 12.3 Å². The van der Waals surface area contributed by atoms with E-state index in [2.05, 4.69) is 0 Å². The number of benzene rings is 1. The van der Waals surface area contributed by atoms with E-state index in [-0.39, 0.29) is 0 Å². The highest BCUT2D eigenvalue weighted by molar-refractivity contribution is 6.58. The molecule has 0 unspecified atom stereocenters. The molecule has 0 saturated heterocycles. The van der Waals surface area contributed by atoms with Crippen LogP contribution in [0.15, 0.2) is 24.3 Å². The van der Waals surface area contributed by atoms with Crippen LogP contribution in [0, 0.1) is 11.3 Å². The molecular formula is C14H20BNO2. The third-order valence-electron chi connectivity index (χ3n) is 4.64. The minimum atomic E-state index is -1.36. The molecule has 18 heavy (non-hydrogen) atoms. The van der Waals surface area contributed by atoms with E-state index in [1.54, 1.807) is 12.1 Å². The molecular weight excluding hydrogens is 225 g/mol. The standard InChI is InChI=1S/C14H20BNO2/c16-13-8-14(9-13)6-11(7-14)5-10-1-3-12(4-2-10)15(17)18/h1-4,11,13,17-18H,5-9,16H2. The lowest BCUT2D eigenvalue weighted by atomic mass is 9.49. The summed E-state index contributed by atoms with van der Waals surface area (Å²) in [5.41, 5.74) is 8.32. The molecule has 1 aromatic rings. The molecule has 0 atom stereocenters. The summed E-state index contributed by atoms with van der Waals surface area (Å²) in [7, 11) is -1.36. The average Bonchev–Trinajstić information content (AvgIpc) is 2.25. The fourth-order valence-corrected chi connectivity index (χ4v) is 3.85. The van der Waals surface area contributed by atoms with Crippen molar-refractivity contribution in [2.24, 2.45) is 17.1 Å². The van der Waals surface area contributed by atoms with Gasteiger partial charge in [0.2, 0.25) is 0 Å². The van der Waals surface area contributed by atoms with E-state index < -0.39 is 7.12 Å². The summed E-state index contributed by atoms with van der Waals surface area (Å²) in [6.45, 7) is 0. The molecule has 4 N–H and O–H groups in total. The Bertz CT molecular complexity index is 418. The van der Waals surface area contributed by atoms with Crippen LogP contribution in [-0.4, -0.2) is 23.2 Å². The zero-order valence-electron chi connectivity index (χ0n) is 10.5. The van der Waals surface area contributed by atoms with Crippen LogP contribution in [0.1, 0.15) is 31.2 Å². The summed E-state index contributed by atoms with van der Waals surface area (Å²) in [5, 5.41) is 18.1. The predicted octanol–water partition coefficient (Wildman–Crippen LogP) is 0.426. The van der Waals surface area contributed by atoms with Crippen LogP contribution in [0.2, 0.25) is 0 Å². The van der Waals surface area contributed by atoms with E-state index in [4.69, 9.17) is 15.8 Å². The van der Waals surface area contributed by atoms with Crippen LogP contribution < -0.4 is 11.2 Å². The first-order chi connectivity index (χ1) is 8.56. The molecule has 4 heteroatoms. The van der Waals surface area contributed by atoms with Gasteiger partial charge in [-0.15, -0.1) is 0 Å². The lowest BCUT2D eigenvalue weighted by Crippen LogP contribution is -2.53. The molecule has 2 fully saturated rings. The van der Waals surface area contributed by atoms with Crippen LogP contribution >= 0.6 is 0 Å². The van der Waals surface area contributed by atoms with Crippen molar-refractivity contribution in [3.63, 3.8) is 0 Å². The highest BCUT2D eigenvalue weighted by Gasteiger charge is 2.51. The average molecular weight is 245 g/mol. The summed E-state index contributed by atoms with van der Waals surface area (Å²) in [6.07, 6.45) is 6.20. The Hall–Kier alpha value is -0.835. The SMILES string of the molecule is NC1CC2(C1)CC(Cc1ccc(B(O)O)cc1)C2. The molecule has 1 aromatic carbocycles. The number of hydrogen-bond donors (Lipinski definition) is 3. The van der Waals surface area contributed by atoms with Crippen LogP contribution in [0.4, 0.5) is 0 Å². The third-order valence-corrected chi connectivity index (χ3v) is 4.64. The maximum atomic E-state index is 9.03. The third kappa shape index (κ3) is 2.20. The van der Waals surface area contributed by atoms with Gasteiger partial charge in [0.25, 0.3) is 0 Å². The highest BCUT2D eigenvalue weighted by atomic mass is 16.4. The molecule has 1 spiro atoms. The molecule has 0 aromatic heterocycles. The van der Waals surface area contributed by atoms with Gasteiger partial charge in [0.1, 0.15) is 0 Å². The Kier molecular flexibility index (Phi) is 2.97. The van der Waals surface area contributed by atoms with Gasteiger partial charge in [-0.1, -0.05) is 24.3 Å². The maximum Gasteiger partial charge on any atom is 0.488 e. The maximum absolute atomic E-state index is 9.03. The van der Waals surface area contributed by atoms with Crippen molar-refractivity contribution < 1.29 is 10.0 Å². The van der Waals surface area contributed by atoms with Gasteiger partial charge in [0.15, 0.2) is 0 Å². The van der Waals surface area contributed by atoms with Gasteiger partial charge in [-0.05, 0) is 54.5 Å². The molecule has 2 aliphatic carbocycles. The van der Waals surface area contributed by atoms with Crippen LogP contribution in [0.3, 0.4) is 0 Å². The number of nitrogens with two attached hydrogens (primary N) is 1. The molecule has 0 aliphatic heterocycles. The molecule has 0 bridgehead atoms. The van der Waals surface area contributed by atoms with Crippen molar-refractivity contribution in [3.8, 4) is 0 Å². The Balaban J connectivity index is 1.52. The molecule has 2 saturated carbocycles. The fraction of sp³-hybridized carbons (Fsp3) is 0.571. The van der Waals surface area contributed by atoms with E-state index in [1.807, 2.05) is 12.1 Å². The highest BCUT2D eigenvalue weighted by Crippen LogP contribution is 2.58. The van der Waals surface area contributed by atoms with Gasteiger partial charge >= 0.3 is 7.12 Å². The molecule has 96 valence electrons. The smallest absolute Gasteiger partial charge is 0.423 e. The van der Waals surface area contributed by atoms with Crippen molar-refractivity contribution in [2.45, 2.75) is 38.1 Å². The zero-order valence-corrected chi connectivity index (χ0v) is 10.5. The lowest BCUT2D eigenvalue weighted by molar-refractivity contribution is -0.0384. The summed E-state index contributed by atoms with van der Waals surface area (Å²) in [4.78, 5) is 0. The number of hydrogen-bond acceptors (Lipinski definition) is 3. The van der Waals surface area contributed by atoms with Gasteiger partial charge in [-0.25, -0.2) is 0 Å². The monoisotopic (exact) mass is 245 g/mol. The van der Waals surface area contributed by atoms with Gasteiger partial charge in [-0.2, -0.15) is 0 Å². The normalized spacial score (nSPS) is 33.9. The predicted molar refractivity (Wildman–Crippen MR) is 72.3 cm³/mol. The Morgan fingerprint density at radius 2 is 1.72 bits per heavy atom. The van der Waals surface area contributed by atoms with Crippen LogP contribution in [-0.2, 0) is 6.42 Å². The second kappa shape index (κ2) is 4.37. The van der Waals surface area contributed by atoms with Crippen molar-refractivity contribution in [1.82, 2.24) is 0 Å². The largest absolute Gasteiger partial charge is 0.488 e. The Morgan fingerprint density at radius 3 is 2.22 bits per heavy atom. The molecule has 2 aliphatic rings. The lowest BCUT2D eigenvalue weighted by Gasteiger charge is -2.57. The summed E-state index contributed by atoms with van der Waals surface area (Å²) < 4.78 is 0. The quantitative estimate of drug-likeness (QED) is 0.676. The molecule has 0 amide bonds. The summed E-state index contributed by atoms with van der Waals surface area (Å²) in [6, 6.07) is 8.07. The van der Waals surface area contributed by atoms with Gasteiger partial charge < -0.3 is 15.8 Å². The second-order valence-corrected chi connectivity index (χ2v) is 6.26. The van der Waals surface area contributed by atoms with Gasteiger partial charge in [0, 0.05) is 6.04 Å². The second-order valence-electron chi connectivity index (χ2n) is 6.26. The van der Waals surface area contributed by atoms with Crippen LogP contribution in [0.5, 0.6) is 0 Å². The Morgan fingerprint density at radius 1 is 1.11 bits per heavy atom. The van der Waals surface area contributed by atoms with Gasteiger partial charge in [0.05, 0.1) is 0 Å². The van der Waals surface area contributed by atoms with Crippen molar-refractivity contribution in [2.75, 3.05) is 0 Å². The first-order valence-electron chi connectivity index (χ1n) is 6.77. The van der Waals surface area contributed by atoms with Gasteiger partial charge in [-0.3, -0.25) is 0 Å².